The maximum absolute atomic E-state index is 12.4. The van der Waals surface area contributed by atoms with E-state index in [4.69, 9.17) is 10.5 Å². The SMILES string of the molecule is Cc1cc(N)cc([C@@H]2CN(C(=O)c3ncccn3)CCO2)n1. The lowest BCUT2D eigenvalue weighted by Crippen LogP contribution is -2.43. The van der Waals surface area contributed by atoms with Gasteiger partial charge in [0, 0.05) is 30.3 Å². The smallest absolute Gasteiger partial charge is 0.291 e. The number of pyridine rings is 1. The third-order valence-electron chi connectivity index (χ3n) is 3.44. The van der Waals surface area contributed by atoms with Gasteiger partial charge in [-0.1, -0.05) is 0 Å². The fraction of sp³-hybridized carbons (Fsp3) is 0.333. The second-order valence-corrected chi connectivity index (χ2v) is 5.15. The first-order chi connectivity index (χ1) is 10.6. The summed E-state index contributed by atoms with van der Waals surface area (Å²) in [5.74, 6) is -0.00519. The van der Waals surface area contributed by atoms with E-state index in [1.165, 1.54) is 0 Å². The molecule has 22 heavy (non-hydrogen) atoms. The molecule has 0 aliphatic carbocycles. The standard InChI is InChI=1S/C15H17N5O2/c1-10-7-11(16)8-12(19-10)13-9-20(5-6-22-13)15(21)14-17-3-2-4-18-14/h2-4,7-8,13H,5-6,9H2,1H3,(H2,16,19)/t13-/m0/s1. The number of nitrogen functional groups attached to an aromatic ring is 1. The van der Waals surface area contributed by atoms with E-state index in [-0.39, 0.29) is 17.8 Å². The summed E-state index contributed by atoms with van der Waals surface area (Å²) in [6.45, 7) is 3.24. The van der Waals surface area contributed by atoms with Gasteiger partial charge in [-0.2, -0.15) is 0 Å². The normalized spacial score (nSPS) is 18.2. The molecule has 2 aromatic rings. The predicted octanol–water partition coefficient (Wildman–Crippen LogP) is 0.976. The van der Waals surface area contributed by atoms with E-state index in [2.05, 4.69) is 15.0 Å². The Morgan fingerprint density at radius 3 is 2.86 bits per heavy atom. The van der Waals surface area contributed by atoms with Crippen LogP contribution in [0.1, 0.15) is 28.1 Å². The predicted molar refractivity (Wildman–Crippen MR) is 80.0 cm³/mol. The van der Waals surface area contributed by atoms with Crippen molar-refractivity contribution in [2.75, 3.05) is 25.4 Å². The van der Waals surface area contributed by atoms with Gasteiger partial charge in [0.25, 0.3) is 5.91 Å². The first kappa shape index (κ1) is 14.4. The molecule has 0 saturated carbocycles. The molecule has 0 bridgehead atoms. The van der Waals surface area contributed by atoms with Crippen LogP contribution in [-0.4, -0.2) is 45.5 Å². The van der Waals surface area contributed by atoms with Crippen molar-refractivity contribution in [3.63, 3.8) is 0 Å². The van der Waals surface area contributed by atoms with Gasteiger partial charge in [-0.25, -0.2) is 9.97 Å². The number of morpholine rings is 1. The van der Waals surface area contributed by atoms with Gasteiger partial charge in [0.15, 0.2) is 0 Å². The summed E-state index contributed by atoms with van der Waals surface area (Å²) in [4.78, 5) is 26.5. The zero-order valence-corrected chi connectivity index (χ0v) is 12.3. The molecule has 1 fully saturated rings. The van der Waals surface area contributed by atoms with Crippen molar-refractivity contribution in [3.05, 3.63) is 47.8 Å². The fourth-order valence-corrected chi connectivity index (χ4v) is 2.45. The number of carbonyl (C=O) groups is 1. The molecule has 1 aliphatic rings. The van der Waals surface area contributed by atoms with E-state index >= 15 is 0 Å². The van der Waals surface area contributed by atoms with Crippen LogP contribution in [0.15, 0.2) is 30.6 Å². The molecule has 2 N–H and O–H groups in total. The molecule has 1 atom stereocenters. The molecule has 1 aliphatic heterocycles. The van der Waals surface area contributed by atoms with Gasteiger partial charge in [0.1, 0.15) is 6.10 Å². The van der Waals surface area contributed by atoms with Gasteiger partial charge in [-0.3, -0.25) is 9.78 Å². The molecule has 0 radical (unpaired) electrons. The minimum Gasteiger partial charge on any atom is -0.399 e. The van der Waals surface area contributed by atoms with E-state index < -0.39 is 0 Å². The van der Waals surface area contributed by atoms with Crippen LogP contribution in [-0.2, 0) is 4.74 Å². The molecular weight excluding hydrogens is 282 g/mol. The number of amides is 1. The first-order valence-corrected chi connectivity index (χ1v) is 7.05. The maximum Gasteiger partial charge on any atom is 0.291 e. The average Bonchev–Trinajstić information content (AvgIpc) is 2.54. The third kappa shape index (κ3) is 3.04. The maximum atomic E-state index is 12.4. The lowest BCUT2D eigenvalue weighted by molar-refractivity contribution is -0.0251. The Morgan fingerprint density at radius 2 is 2.14 bits per heavy atom. The van der Waals surface area contributed by atoms with E-state index in [0.29, 0.717) is 25.4 Å². The minimum atomic E-state index is -0.288. The highest BCUT2D eigenvalue weighted by Gasteiger charge is 2.28. The number of nitrogens with zero attached hydrogens (tertiary/aromatic N) is 4. The van der Waals surface area contributed by atoms with Crippen molar-refractivity contribution >= 4 is 11.6 Å². The summed E-state index contributed by atoms with van der Waals surface area (Å²) in [6, 6.07) is 5.26. The summed E-state index contributed by atoms with van der Waals surface area (Å²) >= 11 is 0. The molecule has 114 valence electrons. The van der Waals surface area contributed by atoms with E-state index in [0.717, 1.165) is 11.4 Å². The highest BCUT2D eigenvalue weighted by Crippen LogP contribution is 2.23. The van der Waals surface area contributed by atoms with Gasteiger partial charge in [-0.05, 0) is 25.1 Å². The van der Waals surface area contributed by atoms with E-state index in [1.807, 2.05) is 6.92 Å². The molecule has 1 saturated heterocycles. The van der Waals surface area contributed by atoms with Gasteiger partial charge in [-0.15, -0.1) is 0 Å². The Labute approximate surface area is 128 Å². The molecule has 3 heterocycles. The van der Waals surface area contributed by atoms with Crippen molar-refractivity contribution in [3.8, 4) is 0 Å². The summed E-state index contributed by atoms with van der Waals surface area (Å²) in [5, 5.41) is 0. The average molecular weight is 299 g/mol. The first-order valence-electron chi connectivity index (χ1n) is 7.05. The summed E-state index contributed by atoms with van der Waals surface area (Å²) in [5.41, 5.74) is 8.06. The highest BCUT2D eigenvalue weighted by atomic mass is 16.5. The van der Waals surface area contributed by atoms with Gasteiger partial charge in [0.2, 0.25) is 5.82 Å². The highest BCUT2D eigenvalue weighted by molar-refractivity contribution is 5.90. The summed E-state index contributed by atoms with van der Waals surface area (Å²) in [6.07, 6.45) is 2.82. The number of hydrogen-bond acceptors (Lipinski definition) is 6. The van der Waals surface area contributed by atoms with Crippen LogP contribution in [0.2, 0.25) is 0 Å². The molecule has 0 aromatic carbocycles. The molecule has 0 unspecified atom stereocenters. The quantitative estimate of drug-likeness (QED) is 0.888. The summed E-state index contributed by atoms with van der Waals surface area (Å²) < 4.78 is 5.74. The van der Waals surface area contributed by atoms with Crippen molar-refractivity contribution in [1.29, 1.82) is 0 Å². The Bertz CT molecular complexity index is 657. The minimum absolute atomic E-state index is 0.194. The van der Waals surface area contributed by atoms with Crippen LogP contribution >= 0.6 is 0 Å². The molecule has 3 rings (SSSR count). The number of ether oxygens (including phenoxy) is 1. The second-order valence-electron chi connectivity index (χ2n) is 5.15. The molecule has 2 aromatic heterocycles. The Balaban J connectivity index is 1.78. The van der Waals surface area contributed by atoms with Crippen LogP contribution in [0.25, 0.3) is 0 Å². The summed E-state index contributed by atoms with van der Waals surface area (Å²) in [7, 11) is 0. The number of aromatic nitrogens is 3. The largest absolute Gasteiger partial charge is 0.399 e. The van der Waals surface area contributed by atoms with Gasteiger partial charge in [0.05, 0.1) is 18.8 Å². The van der Waals surface area contributed by atoms with Gasteiger partial charge < -0.3 is 15.4 Å². The number of nitrogens with two attached hydrogens (primary N) is 1. The third-order valence-corrected chi connectivity index (χ3v) is 3.44. The van der Waals surface area contributed by atoms with Crippen molar-refractivity contribution in [2.24, 2.45) is 0 Å². The fourth-order valence-electron chi connectivity index (χ4n) is 2.45. The molecule has 7 heteroatoms. The Morgan fingerprint density at radius 1 is 1.36 bits per heavy atom. The van der Waals surface area contributed by atoms with E-state index in [9.17, 15) is 4.79 Å². The number of rotatable bonds is 2. The molecular formula is C15H17N5O2. The lowest BCUT2D eigenvalue weighted by Gasteiger charge is -2.32. The lowest BCUT2D eigenvalue weighted by atomic mass is 10.1. The zero-order chi connectivity index (χ0) is 15.5. The molecule has 0 spiro atoms. The number of aryl methyl sites for hydroxylation is 1. The van der Waals surface area contributed by atoms with Gasteiger partial charge >= 0.3 is 0 Å². The van der Waals surface area contributed by atoms with Crippen molar-refractivity contribution < 1.29 is 9.53 Å². The van der Waals surface area contributed by atoms with Crippen LogP contribution < -0.4 is 5.73 Å². The van der Waals surface area contributed by atoms with Crippen molar-refractivity contribution in [2.45, 2.75) is 13.0 Å². The Hall–Kier alpha value is -2.54. The molecule has 7 nitrogen and oxygen atoms in total. The van der Waals surface area contributed by atoms with E-state index in [1.54, 1.807) is 35.5 Å². The second kappa shape index (κ2) is 6.07. The van der Waals surface area contributed by atoms with Crippen molar-refractivity contribution in [1.82, 2.24) is 19.9 Å². The topological polar surface area (TPSA) is 94.2 Å². The Kier molecular flexibility index (Phi) is 3.97. The number of hydrogen-bond donors (Lipinski definition) is 1. The van der Waals surface area contributed by atoms with Crippen LogP contribution in [0, 0.1) is 6.92 Å². The van der Waals surface area contributed by atoms with Crippen LogP contribution in [0.3, 0.4) is 0 Å². The number of anilines is 1. The van der Waals surface area contributed by atoms with Crippen LogP contribution in [0.4, 0.5) is 5.69 Å². The zero-order valence-electron chi connectivity index (χ0n) is 12.3. The molecule has 1 amide bonds. The monoisotopic (exact) mass is 299 g/mol. The number of carbonyl (C=O) groups excluding carboxylic acids is 1. The van der Waals surface area contributed by atoms with Crippen LogP contribution in [0.5, 0.6) is 0 Å².